The Bertz CT molecular complexity index is 570. The molecule has 0 amide bonds. The Kier molecular flexibility index (Phi) is 2.80. The molecule has 2 heterocycles. The maximum atomic E-state index is 5.81. The van der Waals surface area contributed by atoms with Crippen LogP contribution in [0, 0.1) is 0 Å². The van der Waals surface area contributed by atoms with Crippen LogP contribution in [0.4, 0.5) is 11.4 Å². The molecule has 4 heteroatoms. The number of ether oxygens (including phenoxy) is 1. The van der Waals surface area contributed by atoms with Crippen LogP contribution in [-0.2, 0) is 4.74 Å². The number of hydrogen-bond donors (Lipinski definition) is 1. The molecule has 3 rings (SSSR count). The molecule has 1 unspecified atom stereocenters. The molecule has 18 heavy (non-hydrogen) atoms. The lowest BCUT2D eigenvalue weighted by Crippen LogP contribution is -2.43. The van der Waals surface area contributed by atoms with E-state index in [1.165, 1.54) is 5.69 Å². The summed E-state index contributed by atoms with van der Waals surface area (Å²) >= 11 is 0. The van der Waals surface area contributed by atoms with E-state index in [2.05, 4.69) is 28.9 Å². The van der Waals surface area contributed by atoms with Gasteiger partial charge in [0, 0.05) is 35.5 Å². The fourth-order valence-electron chi connectivity index (χ4n) is 2.49. The third-order valence-corrected chi connectivity index (χ3v) is 3.42. The number of morpholine rings is 1. The fourth-order valence-corrected chi connectivity index (χ4v) is 2.49. The predicted molar refractivity (Wildman–Crippen MR) is 73.8 cm³/mol. The predicted octanol–water partition coefficient (Wildman–Crippen LogP) is 2.04. The average Bonchev–Trinajstić information content (AvgIpc) is 2.38. The van der Waals surface area contributed by atoms with E-state index >= 15 is 0 Å². The summed E-state index contributed by atoms with van der Waals surface area (Å²) in [5.74, 6) is 0. The second-order valence-electron chi connectivity index (χ2n) is 4.72. The molecule has 0 radical (unpaired) electrons. The lowest BCUT2D eigenvalue weighted by Gasteiger charge is -2.35. The molecule has 1 saturated heterocycles. The smallest absolute Gasteiger partial charge is 0.0743 e. The maximum absolute atomic E-state index is 5.81. The van der Waals surface area contributed by atoms with Gasteiger partial charge in [0.15, 0.2) is 0 Å². The molecule has 1 fully saturated rings. The monoisotopic (exact) mass is 243 g/mol. The molecular weight excluding hydrogens is 226 g/mol. The number of benzene rings is 1. The molecule has 0 aliphatic carbocycles. The number of rotatable bonds is 1. The van der Waals surface area contributed by atoms with Crippen LogP contribution in [0.1, 0.15) is 6.92 Å². The Hall–Kier alpha value is -1.81. The first-order valence-electron chi connectivity index (χ1n) is 6.24. The van der Waals surface area contributed by atoms with E-state index in [4.69, 9.17) is 10.5 Å². The SMILES string of the molecule is CC1COCCN1c1ccnc2cc(N)ccc12. The van der Waals surface area contributed by atoms with Crippen LogP contribution in [0.2, 0.25) is 0 Å². The van der Waals surface area contributed by atoms with Gasteiger partial charge in [-0.1, -0.05) is 0 Å². The lowest BCUT2D eigenvalue weighted by molar-refractivity contribution is 0.0991. The van der Waals surface area contributed by atoms with E-state index in [0.29, 0.717) is 6.04 Å². The number of fused-ring (bicyclic) bond motifs is 1. The summed E-state index contributed by atoms with van der Waals surface area (Å²) in [7, 11) is 0. The minimum absolute atomic E-state index is 0.391. The van der Waals surface area contributed by atoms with Crippen LogP contribution >= 0.6 is 0 Å². The van der Waals surface area contributed by atoms with E-state index in [1.54, 1.807) is 0 Å². The van der Waals surface area contributed by atoms with Crippen LogP contribution in [0.3, 0.4) is 0 Å². The van der Waals surface area contributed by atoms with E-state index in [1.807, 2.05) is 18.3 Å². The number of nitrogen functional groups attached to an aromatic ring is 1. The molecule has 1 aromatic carbocycles. The van der Waals surface area contributed by atoms with Gasteiger partial charge in [-0.25, -0.2) is 0 Å². The van der Waals surface area contributed by atoms with E-state index in [-0.39, 0.29) is 0 Å². The quantitative estimate of drug-likeness (QED) is 0.779. The molecule has 94 valence electrons. The number of anilines is 2. The van der Waals surface area contributed by atoms with Gasteiger partial charge in [0.05, 0.1) is 18.7 Å². The molecule has 0 spiro atoms. The highest BCUT2D eigenvalue weighted by Crippen LogP contribution is 2.28. The Labute approximate surface area is 106 Å². The zero-order valence-corrected chi connectivity index (χ0v) is 10.5. The second-order valence-corrected chi connectivity index (χ2v) is 4.72. The number of hydrogen-bond acceptors (Lipinski definition) is 4. The zero-order valence-electron chi connectivity index (χ0n) is 10.5. The van der Waals surface area contributed by atoms with Crippen molar-refractivity contribution < 1.29 is 4.74 Å². The molecule has 2 aromatic rings. The van der Waals surface area contributed by atoms with Crippen molar-refractivity contribution in [2.75, 3.05) is 30.4 Å². The Morgan fingerprint density at radius 2 is 2.28 bits per heavy atom. The van der Waals surface area contributed by atoms with Crippen molar-refractivity contribution in [3.8, 4) is 0 Å². The third-order valence-electron chi connectivity index (χ3n) is 3.42. The normalized spacial score (nSPS) is 20.3. The van der Waals surface area contributed by atoms with E-state index in [9.17, 15) is 0 Å². The molecule has 1 atom stereocenters. The van der Waals surface area contributed by atoms with Crippen molar-refractivity contribution in [1.29, 1.82) is 0 Å². The molecule has 1 aromatic heterocycles. The van der Waals surface area contributed by atoms with Crippen molar-refractivity contribution in [2.24, 2.45) is 0 Å². The second kappa shape index (κ2) is 4.46. The number of pyridine rings is 1. The standard InChI is InChI=1S/C14H17N3O/c1-10-9-18-7-6-17(10)14-4-5-16-13-8-11(15)2-3-12(13)14/h2-5,8,10H,6-7,9,15H2,1H3. The van der Waals surface area contributed by atoms with Crippen molar-refractivity contribution in [3.05, 3.63) is 30.5 Å². The van der Waals surface area contributed by atoms with E-state index < -0.39 is 0 Å². The molecule has 2 N–H and O–H groups in total. The summed E-state index contributed by atoms with van der Waals surface area (Å²) in [4.78, 5) is 6.76. The Morgan fingerprint density at radius 3 is 3.11 bits per heavy atom. The van der Waals surface area contributed by atoms with Crippen LogP contribution in [0.5, 0.6) is 0 Å². The van der Waals surface area contributed by atoms with Crippen LogP contribution in [0.25, 0.3) is 10.9 Å². The highest BCUT2D eigenvalue weighted by atomic mass is 16.5. The first-order valence-corrected chi connectivity index (χ1v) is 6.24. The van der Waals surface area contributed by atoms with Gasteiger partial charge < -0.3 is 15.4 Å². The molecule has 4 nitrogen and oxygen atoms in total. The molecular formula is C14H17N3O. The number of nitrogens with zero attached hydrogens (tertiary/aromatic N) is 2. The van der Waals surface area contributed by atoms with Gasteiger partial charge in [0.2, 0.25) is 0 Å². The number of nitrogens with two attached hydrogens (primary N) is 1. The van der Waals surface area contributed by atoms with E-state index in [0.717, 1.165) is 36.3 Å². The van der Waals surface area contributed by atoms with Crippen LogP contribution < -0.4 is 10.6 Å². The fraction of sp³-hybridized carbons (Fsp3) is 0.357. The van der Waals surface area contributed by atoms with Crippen molar-refractivity contribution in [2.45, 2.75) is 13.0 Å². The van der Waals surface area contributed by atoms with Gasteiger partial charge in [-0.3, -0.25) is 4.98 Å². The number of aromatic nitrogens is 1. The van der Waals surface area contributed by atoms with Gasteiger partial charge in [0.25, 0.3) is 0 Å². The Balaban J connectivity index is 2.10. The average molecular weight is 243 g/mol. The van der Waals surface area contributed by atoms with Crippen molar-refractivity contribution in [3.63, 3.8) is 0 Å². The van der Waals surface area contributed by atoms with Crippen LogP contribution in [0.15, 0.2) is 30.5 Å². The Morgan fingerprint density at radius 1 is 1.39 bits per heavy atom. The summed E-state index contributed by atoms with van der Waals surface area (Å²) in [5.41, 5.74) is 8.73. The van der Waals surface area contributed by atoms with Crippen LogP contribution in [-0.4, -0.2) is 30.8 Å². The summed E-state index contributed by atoms with van der Waals surface area (Å²) in [6.07, 6.45) is 1.85. The lowest BCUT2D eigenvalue weighted by atomic mass is 10.1. The summed E-state index contributed by atoms with van der Waals surface area (Å²) < 4.78 is 5.49. The van der Waals surface area contributed by atoms with Gasteiger partial charge in [-0.2, -0.15) is 0 Å². The topological polar surface area (TPSA) is 51.4 Å². The maximum Gasteiger partial charge on any atom is 0.0743 e. The minimum atomic E-state index is 0.391. The zero-order chi connectivity index (χ0) is 12.5. The summed E-state index contributed by atoms with van der Waals surface area (Å²) in [6.45, 7) is 4.66. The van der Waals surface area contributed by atoms with Gasteiger partial charge >= 0.3 is 0 Å². The first-order chi connectivity index (χ1) is 8.75. The first kappa shape index (κ1) is 11.3. The van der Waals surface area contributed by atoms with Gasteiger partial charge in [-0.15, -0.1) is 0 Å². The molecule has 0 bridgehead atoms. The summed E-state index contributed by atoms with van der Waals surface area (Å²) in [6, 6.07) is 8.36. The van der Waals surface area contributed by atoms with Crippen molar-refractivity contribution >= 4 is 22.3 Å². The van der Waals surface area contributed by atoms with Gasteiger partial charge in [-0.05, 0) is 31.2 Å². The minimum Gasteiger partial charge on any atom is -0.399 e. The molecule has 1 aliphatic heterocycles. The third kappa shape index (κ3) is 1.88. The highest BCUT2D eigenvalue weighted by Gasteiger charge is 2.20. The van der Waals surface area contributed by atoms with Crippen molar-refractivity contribution in [1.82, 2.24) is 4.98 Å². The molecule has 0 saturated carbocycles. The molecule has 1 aliphatic rings. The van der Waals surface area contributed by atoms with Gasteiger partial charge in [0.1, 0.15) is 0 Å². The summed E-state index contributed by atoms with van der Waals surface area (Å²) in [5, 5.41) is 1.15. The largest absolute Gasteiger partial charge is 0.399 e. The highest BCUT2D eigenvalue weighted by molar-refractivity contribution is 5.93.